The zero-order valence-electron chi connectivity index (χ0n) is 19.8. The van der Waals surface area contributed by atoms with E-state index in [0.717, 1.165) is 45.6 Å². The molecule has 180 valence electrons. The van der Waals surface area contributed by atoms with Crippen molar-refractivity contribution in [1.29, 1.82) is 0 Å². The molecule has 3 heterocycles. The third-order valence-corrected chi connectivity index (χ3v) is 7.64. The van der Waals surface area contributed by atoms with E-state index in [-0.39, 0.29) is 11.4 Å². The van der Waals surface area contributed by atoms with Gasteiger partial charge in [0.2, 0.25) is 5.95 Å². The fourth-order valence-electron chi connectivity index (χ4n) is 5.69. The zero-order valence-corrected chi connectivity index (χ0v) is 19.8. The minimum atomic E-state index is -0.416. The molecule has 2 aromatic heterocycles. The van der Waals surface area contributed by atoms with Crippen molar-refractivity contribution in [3.63, 3.8) is 0 Å². The highest BCUT2D eigenvalue weighted by molar-refractivity contribution is 6.07. The number of carbonyl (C=O) groups is 1. The zero-order chi connectivity index (χ0) is 23.5. The number of aromatic nitrogens is 3. The first-order valence-electron chi connectivity index (χ1n) is 12.4. The second kappa shape index (κ2) is 9.80. The third kappa shape index (κ3) is 4.32. The number of fused-ring (bicyclic) bond motifs is 1. The van der Waals surface area contributed by atoms with E-state index in [9.17, 15) is 9.18 Å². The summed E-state index contributed by atoms with van der Waals surface area (Å²) in [6.07, 6.45) is 10.7. The molecule has 2 fully saturated rings. The van der Waals surface area contributed by atoms with E-state index in [1.807, 2.05) is 0 Å². The number of hydrogen-bond acceptors (Lipinski definition) is 5. The van der Waals surface area contributed by atoms with E-state index >= 15 is 0 Å². The number of nitrogens with one attached hydrogen (secondary N) is 1. The van der Waals surface area contributed by atoms with Crippen molar-refractivity contribution < 1.29 is 9.18 Å². The van der Waals surface area contributed by atoms with Crippen LogP contribution in [0.5, 0.6) is 0 Å². The van der Waals surface area contributed by atoms with Crippen molar-refractivity contribution in [2.24, 2.45) is 0 Å². The Hall–Kier alpha value is -2.84. The van der Waals surface area contributed by atoms with E-state index in [0.29, 0.717) is 29.0 Å². The van der Waals surface area contributed by atoms with Crippen LogP contribution >= 0.6 is 0 Å². The summed E-state index contributed by atoms with van der Waals surface area (Å²) in [6.45, 7) is 8.08. The Morgan fingerprint density at radius 3 is 2.50 bits per heavy atom. The van der Waals surface area contributed by atoms with Gasteiger partial charge in [-0.25, -0.2) is 14.4 Å². The fourth-order valence-corrected chi connectivity index (χ4v) is 5.69. The second-order valence-corrected chi connectivity index (χ2v) is 9.48. The largest absolute Gasteiger partial charge is 0.350 e. The Kier molecular flexibility index (Phi) is 6.61. The predicted octanol–water partition coefficient (Wildman–Crippen LogP) is 3.63. The summed E-state index contributed by atoms with van der Waals surface area (Å²) in [7, 11) is 0. The maximum absolute atomic E-state index is 14.9. The Bertz CT molecular complexity index is 1130. The van der Waals surface area contributed by atoms with Gasteiger partial charge < -0.3 is 10.2 Å². The van der Waals surface area contributed by atoms with Gasteiger partial charge in [-0.3, -0.25) is 14.3 Å². The van der Waals surface area contributed by atoms with Crippen LogP contribution in [0, 0.1) is 5.82 Å². The molecule has 1 aliphatic heterocycles. The molecule has 0 unspecified atom stereocenters. The first-order chi connectivity index (χ1) is 16.6. The smallest absolute Gasteiger partial charge is 0.253 e. The van der Waals surface area contributed by atoms with Crippen molar-refractivity contribution >= 4 is 16.8 Å². The van der Waals surface area contributed by atoms with E-state index in [2.05, 4.69) is 32.0 Å². The molecule has 1 saturated heterocycles. The number of piperazine rings is 1. The van der Waals surface area contributed by atoms with Gasteiger partial charge in [0.05, 0.1) is 11.1 Å². The van der Waals surface area contributed by atoms with Crippen LogP contribution in [0.4, 0.5) is 4.39 Å². The summed E-state index contributed by atoms with van der Waals surface area (Å²) in [6, 6.07) is 6.56. The summed E-state index contributed by atoms with van der Waals surface area (Å²) in [5, 5.41) is 3.51. The number of nitrogens with zero attached hydrogens (tertiary/aromatic N) is 5. The van der Waals surface area contributed by atoms with Gasteiger partial charge in [-0.05, 0) is 37.6 Å². The van der Waals surface area contributed by atoms with Crippen molar-refractivity contribution in [1.82, 2.24) is 29.7 Å². The molecule has 34 heavy (non-hydrogen) atoms. The van der Waals surface area contributed by atoms with Gasteiger partial charge in [-0.15, -0.1) is 0 Å². The van der Waals surface area contributed by atoms with Crippen LogP contribution in [0.1, 0.15) is 49.4 Å². The Balaban J connectivity index is 1.41. The topological polar surface area (TPSA) is 66.3 Å². The molecular formula is C26H33FN6O. The Morgan fingerprint density at radius 2 is 1.79 bits per heavy atom. The van der Waals surface area contributed by atoms with Crippen molar-refractivity contribution in [2.45, 2.75) is 44.6 Å². The number of hydrogen-bond donors (Lipinski definition) is 1. The van der Waals surface area contributed by atoms with Gasteiger partial charge in [0.25, 0.3) is 5.91 Å². The molecule has 5 rings (SSSR count). The highest BCUT2D eigenvalue weighted by Gasteiger charge is 2.39. The summed E-state index contributed by atoms with van der Waals surface area (Å²) in [4.78, 5) is 27.1. The maximum atomic E-state index is 14.9. The number of amides is 1. The highest BCUT2D eigenvalue weighted by atomic mass is 19.1. The Labute approximate surface area is 200 Å². The molecule has 7 nitrogen and oxygen atoms in total. The van der Waals surface area contributed by atoms with Crippen LogP contribution in [0.2, 0.25) is 0 Å². The average Bonchev–Trinajstić information content (AvgIpc) is 3.30. The van der Waals surface area contributed by atoms with Gasteiger partial charge in [0.15, 0.2) is 0 Å². The summed E-state index contributed by atoms with van der Waals surface area (Å²) < 4.78 is 16.6. The van der Waals surface area contributed by atoms with Crippen LogP contribution in [-0.4, -0.2) is 75.0 Å². The quantitative estimate of drug-likeness (QED) is 0.604. The van der Waals surface area contributed by atoms with Crippen LogP contribution in [0.15, 0.2) is 42.9 Å². The molecule has 3 aromatic rings. The molecule has 1 aliphatic carbocycles. The average molecular weight is 465 g/mol. The van der Waals surface area contributed by atoms with E-state index in [1.54, 1.807) is 41.4 Å². The molecule has 8 heteroatoms. The number of benzene rings is 1. The first-order valence-corrected chi connectivity index (χ1v) is 12.4. The number of halogens is 1. The maximum Gasteiger partial charge on any atom is 0.253 e. The molecule has 1 aromatic carbocycles. The molecule has 1 N–H and O–H groups in total. The summed E-state index contributed by atoms with van der Waals surface area (Å²) in [5.41, 5.74) is 0.884. The minimum Gasteiger partial charge on any atom is -0.350 e. The lowest BCUT2D eigenvalue weighted by Crippen LogP contribution is -2.61. The van der Waals surface area contributed by atoms with Gasteiger partial charge >= 0.3 is 0 Å². The predicted molar refractivity (Wildman–Crippen MR) is 131 cm³/mol. The Morgan fingerprint density at radius 1 is 1.06 bits per heavy atom. The lowest BCUT2D eigenvalue weighted by Gasteiger charge is -2.50. The fraction of sp³-hybridized carbons (Fsp3) is 0.500. The minimum absolute atomic E-state index is 0.0206. The lowest BCUT2D eigenvalue weighted by atomic mass is 9.79. The van der Waals surface area contributed by atoms with Gasteiger partial charge in [-0.1, -0.05) is 32.3 Å². The summed E-state index contributed by atoms with van der Waals surface area (Å²) in [5.74, 6) is -0.253. The van der Waals surface area contributed by atoms with E-state index in [4.69, 9.17) is 0 Å². The lowest BCUT2D eigenvalue weighted by molar-refractivity contribution is 0.00925. The third-order valence-electron chi connectivity index (χ3n) is 7.64. The molecule has 2 aliphatic rings. The molecule has 1 amide bonds. The van der Waals surface area contributed by atoms with Crippen LogP contribution in [0.25, 0.3) is 16.9 Å². The standard InChI is InChI=1S/C26H33FN6O/c1-2-31-14-16-32(17-15-31)26(10-4-3-5-11-26)19-30-24(34)20-18-33(25-28-12-7-13-29-25)22-9-6-8-21(27)23(20)22/h6-9,12-13,18H,2-5,10-11,14-17,19H2,1H3,(H,30,34). The number of likely N-dealkylation sites (N-methyl/N-ethyl adjacent to an activating group) is 1. The normalized spacial score (nSPS) is 19.4. The molecule has 1 saturated carbocycles. The van der Waals surface area contributed by atoms with E-state index < -0.39 is 5.82 Å². The first kappa shape index (κ1) is 22.9. The van der Waals surface area contributed by atoms with Gasteiger partial charge in [0, 0.05) is 62.2 Å². The number of rotatable bonds is 6. The molecule has 0 bridgehead atoms. The number of carbonyl (C=O) groups excluding carboxylic acids is 1. The molecule has 0 atom stereocenters. The van der Waals surface area contributed by atoms with Gasteiger partial charge in [0.1, 0.15) is 5.82 Å². The van der Waals surface area contributed by atoms with Gasteiger partial charge in [-0.2, -0.15) is 0 Å². The van der Waals surface area contributed by atoms with Crippen molar-refractivity contribution in [3.05, 3.63) is 54.2 Å². The molecular weight excluding hydrogens is 431 g/mol. The second-order valence-electron chi connectivity index (χ2n) is 9.48. The van der Waals surface area contributed by atoms with Crippen LogP contribution in [0.3, 0.4) is 0 Å². The van der Waals surface area contributed by atoms with Crippen LogP contribution < -0.4 is 5.32 Å². The van der Waals surface area contributed by atoms with E-state index in [1.165, 1.54) is 25.3 Å². The highest BCUT2D eigenvalue weighted by Crippen LogP contribution is 2.34. The summed E-state index contributed by atoms with van der Waals surface area (Å²) >= 11 is 0. The monoisotopic (exact) mass is 464 g/mol. The SMILES string of the molecule is CCN1CCN(C2(CNC(=O)c3cn(-c4ncccn4)c4cccc(F)c34)CCCCC2)CC1. The van der Waals surface area contributed by atoms with Crippen molar-refractivity contribution in [2.75, 3.05) is 39.3 Å². The molecule has 0 spiro atoms. The van der Waals surface area contributed by atoms with Crippen molar-refractivity contribution in [3.8, 4) is 5.95 Å². The van der Waals surface area contributed by atoms with Crippen LogP contribution in [-0.2, 0) is 0 Å². The molecule has 0 radical (unpaired) electrons.